The second-order valence-electron chi connectivity index (χ2n) is 10.3. The van der Waals surface area contributed by atoms with Gasteiger partial charge in [0.05, 0.1) is 6.42 Å². The molecule has 0 saturated heterocycles. The lowest BCUT2D eigenvalue weighted by Crippen LogP contribution is -2.52. The second-order valence-corrected chi connectivity index (χ2v) is 10.3. The summed E-state index contributed by atoms with van der Waals surface area (Å²) >= 11 is 0. The molecule has 1 atom stereocenters. The highest BCUT2D eigenvalue weighted by molar-refractivity contribution is 5.89. The number of hydrogen-bond acceptors (Lipinski definition) is 2. The number of carbonyl (C=O) groups is 2. The van der Waals surface area contributed by atoms with Crippen LogP contribution >= 0.6 is 0 Å². The molecule has 0 unspecified atom stereocenters. The van der Waals surface area contributed by atoms with Crippen LogP contribution in [0.1, 0.15) is 59.1 Å². The first-order chi connectivity index (χ1) is 17.4. The molecule has 1 saturated carbocycles. The van der Waals surface area contributed by atoms with E-state index in [0.717, 1.165) is 59.1 Å². The Morgan fingerprint density at radius 1 is 0.861 bits per heavy atom. The number of aryl methyl sites for hydroxylation is 3. The summed E-state index contributed by atoms with van der Waals surface area (Å²) in [6.45, 7) is 6.55. The third-order valence-corrected chi connectivity index (χ3v) is 7.25. The summed E-state index contributed by atoms with van der Waals surface area (Å²) in [6.07, 6.45) is 5.08. The van der Waals surface area contributed by atoms with Crippen molar-refractivity contribution in [2.24, 2.45) is 0 Å². The molecule has 4 nitrogen and oxygen atoms in total. The van der Waals surface area contributed by atoms with Crippen molar-refractivity contribution < 1.29 is 9.59 Å². The molecule has 1 aliphatic rings. The van der Waals surface area contributed by atoms with Crippen molar-refractivity contribution >= 4 is 11.8 Å². The number of amides is 2. The Kier molecular flexibility index (Phi) is 8.58. The minimum atomic E-state index is -0.578. The zero-order chi connectivity index (χ0) is 25.5. The zero-order valence-electron chi connectivity index (χ0n) is 21.8. The van der Waals surface area contributed by atoms with Crippen LogP contribution in [0.4, 0.5) is 0 Å². The molecule has 3 aromatic rings. The summed E-state index contributed by atoms with van der Waals surface area (Å²) in [5, 5.41) is 3.28. The van der Waals surface area contributed by atoms with Gasteiger partial charge in [-0.2, -0.15) is 0 Å². The van der Waals surface area contributed by atoms with E-state index in [-0.39, 0.29) is 24.3 Å². The number of benzene rings is 3. The van der Waals surface area contributed by atoms with Crippen LogP contribution in [0.25, 0.3) is 0 Å². The molecule has 3 aromatic carbocycles. The van der Waals surface area contributed by atoms with Crippen molar-refractivity contribution in [2.45, 2.75) is 77.9 Å². The third-order valence-electron chi connectivity index (χ3n) is 7.25. The topological polar surface area (TPSA) is 49.4 Å². The fourth-order valence-corrected chi connectivity index (χ4v) is 5.18. The molecule has 4 rings (SSSR count). The predicted molar refractivity (Wildman–Crippen MR) is 146 cm³/mol. The highest BCUT2D eigenvalue weighted by Crippen LogP contribution is 2.21. The standard InChI is InChI=1S/C32H38N2O2/c1-23-10-9-13-27(18-23)22-34(31(35)21-28-19-24(2)16-17-25(28)3)30(20-26-11-5-4-6-12-26)32(36)33-29-14-7-8-15-29/h4-6,9-13,16-19,29-30H,7-8,14-15,20-22H2,1-3H3,(H,33,36)/t30-/m0/s1. The van der Waals surface area contributed by atoms with Crippen molar-refractivity contribution in [1.29, 1.82) is 0 Å². The molecule has 0 aliphatic heterocycles. The van der Waals surface area contributed by atoms with Crippen molar-refractivity contribution in [3.8, 4) is 0 Å². The van der Waals surface area contributed by atoms with Gasteiger partial charge in [-0.25, -0.2) is 0 Å². The van der Waals surface area contributed by atoms with E-state index in [4.69, 9.17) is 0 Å². The lowest BCUT2D eigenvalue weighted by molar-refractivity contribution is -0.141. The van der Waals surface area contributed by atoms with Gasteiger partial charge in [-0.15, -0.1) is 0 Å². The van der Waals surface area contributed by atoms with E-state index < -0.39 is 6.04 Å². The second kappa shape index (κ2) is 12.0. The van der Waals surface area contributed by atoms with E-state index in [2.05, 4.69) is 42.6 Å². The molecular weight excluding hydrogens is 444 g/mol. The maximum absolute atomic E-state index is 14.0. The Morgan fingerprint density at radius 2 is 1.56 bits per heavy atom. The maximum Gasteiger partial charge on any atom is 0.243 e. The maximum atomic E-state index is 14.0. The molecule has 0 spiro atoms. The highest BCUT2D eigenvalue weighted by atomic mass is 16.2. The Balaban J connectivity index is 1.68. The first-order valence-electron chi connectivity index (χ1n) is 13.1. The molecule has 0 aromatic heterocycles. The molecule has 1 fully saturated rings. The fourth-order valence-electron chi connectivity index (χ4n) is 5.18. The average molecular weight is 483 g/mol. The van der Waals surface area contributed by atoms with Gasteiger partial charge in [-0.3, -0.25) is 9.59 Å². The van der Waals surface area contributed by atoms with Crippen LogP contribution < -0.4 is 5.32 Å². The van der Waals surface area contributed by atoms with Crippen molar-refractivity contribution in [2.75, 3.05) is 0 Å². The largest absolute Gasteiger partial charge is 0.352 e. The normalized spacial score (nSPS) is 14.4. The number of nitrogens with zero attached hydrogens (tertiary/aromatic N) is 1. The van der Waals surface area contributed by atoms with Gasteiger partial charge >= 0.3 is 0 Å². The summed E-state index contributed by atoms with van der Waals surface area (Å²) in [5.41, 5.74) is 6.48. The van der Waals surface area contributed by atoms with Crippen LogP contribution in [0.5, 0.6) is 0 Å². The van der Waals surface area contributed by atoms with E-state index in [1.54, 1.807) is 0 Å². The Bertz CT molecular complexity index is 1180. The quantitative estimate of drug-likeness (QED) is 0.416. The third kappa shape index (κ3) is 6.84. The molecule has 1 N–H and O–H groups in total. The van der Waals surface area contributed by atoms with Crippen LogP contribution in [0, 0.1) is 20.8 Å². The van der Waals surface area contributed by atoms with E-state index in [0.29, 0.717) is 13.0 Å². The number of rotatable bonds is 9. The average Bonchev–Trinajstić information content (AvgIpc) is 3.37. The van der Waals surface area contributed by atoms with Gasteiger partial charge in [0.15, 0.2) is 0 Å². The minimum Gasteiger partial charge on any atom is -0.352 e. The van der Waals surface area contributed by atoms with Gasteiger partial charge in [0, 0.05) is 19.0 Å². The SMILES string of the molecule is Cc1cccc(CN(C(=O)Cc2cc(C)ccc2C)[C@@H](Cc2ccccc2)C(=O)NC2CCCC2)c1. The summed E-state index contributed by atoms with van der Waals surface area (Å²) in [5.74, 6) is -0.0690. The van der Waals surface area contributed by atoms with Crippen LogP contribution in [-0.4, -0.2) is 28.8 Å². The lowest BCUT2D eigenvalue weighted by Gasteiger charge is -2.32. The Morgan fingerprint density at radius 3 is 2.28 bits per heavy atom. The Hall–Kier alpha value is -3.40. The van der Waals surface area contributed by atoms with Gasteiger partial charge in [-0.05, 0) is 55.9 Å². The van der Waals surface area contributed by atoms with Crippen molar-refractivity contribution in [1.82, 2.24) is 10.2 Å². The first-order valence-corrected chi connectivity index (χ1v) is 13.1. The van der Waals surface area contributed by atoms with E-state index >= 15 is 0 Å². The van der Waals surface area contributed by atoms with Gasteiger partial charge in [-0.1, -0.05) is 96.8 Å². The number of hydrogen-bond donors (Lipinski definition) is 1. The summed E-state index contributed by atoms with van der Waals surface area (Å²) in [4.78, 5) is 29.6. The van der Waals surface area contributed by atoms with Crippen LogP contribution in [0.15, 0.2) is 72.8 Å². The molecule has 4 heteroatoms. The van der Waals surface area contributed by atoms with Crippen molar-refractivity contribution in [3.63, 3.8) is 0 Å². The molecule has 0 radical (unpaired) electrons. The van der Waals surface area contributed by atoms with Crippen LogP contribution in [0.3, 0.4) is 0 Å². The number of nitrogens with one attached hydrogen (secondary N) is 1. The molecule has 0 bridgehead atoms. The molecule has 188 valence electrons. The highest BCUT2D eigenvalue weighted by Gasteiger charge is 2.32. The molecule has 1 aliphatic carbocycles. The lowest BCUT2D eigenvalue weighted by atomic mass is 9.99. The molecule has 36 heavy (non-hydrogen) atoms. The van der Waals surface area contributed by atoms with Gasteiger partial charge in [0.2, 0.25) is 11.8 Å². The van der Waals surface area contributed by atoms with Crippen LogP contribution in [0.2, 0.25) is 0 Å². The zero-order valence-corrected chi connectivity index (χ0v) is 21.8. The minimum absolute atomic E-state index is 0.0206. The molecular formula is C32H38N2O2. The Labute approximate surface area is 215 Å². The van der Waals surface area contributed by atoms with E-state index in [1.807, 2.05) is 61.2 Å². The van der Waals surface area contributed by atoms with Gasteiger partial charge in [0.25, 0.3) is 0 Å². The summed E-state index contributed by atoms with van der Waals surface area (Å²) in [7, 11) is 0. The monoisotopic (exact) mass is 482 g/mol. The summed E-state index contributed by atoms with van der Waals surface area (Å²) < 4.78 is 0. The molecule has 0 heterocycles. The van der Waals surface area contributed by atoms with Crippen molar-refractivity contribution in [3.05, 3.63) is 106 Å². The number of carbonyl (C=O) groups excluding carboxylic acids is 2. The fraction of sp³-hybridized carbons (Fsp3) is 0.375. The predicted octanol–water partition coefficient (Wildman–Crippen LogP) is 5.85. The van der Waals surface area contributed by atoms with E-state index in [1.165, 1.54) is 0 Å². The smallest absolute Gasteiger partial charge is 0.243 e. The van der Waals surface area contributed by atoms with Crippen LogP contribution in [-0.2, 0) is 29.0 Å². The van der Waals surface area contributed by atoms with Gasteiger partial charge < -0.3 is 10.2 Å². The molecule has 2 amide bonds. The summed E-state index contributed by atoms with van der Waals surface area (Å²) in [6, 6.07) is 24.1. The van der Waals surface area contributed by atoms with Gasteiger partial charge in [0.1, 0.15) is 6.04 Å². The first kappa shape index (κ1) is 25.7. The van der Waals surface area contributed by atoms with E-state index in [9.17, 15) is 9.59 Å².